The van der Waals surface area contributed by atoms with E-state index in [2.05, 4.69) is 10.6 Å². The zero-order chi connectivity index (χ0) is 17.6. The standard InChI is InChI=1S/C17H26ClN3O2/c1-11(2)15(19)16(23)20-9-14(22)21-10-17(3,4)12-5-7-13(18)8-6-12/h5-8,11,15H,9-10,19H2,1-4H3,(H,20,23)(H,21,22)/t15-/m0/s1. The van der Waals surface area contributed by atoms with Crippen molar-refractivity contribution in [2.45, 2.75) is 39.2 Å². The fraction of sp³-hybridized carbons (Fsp3) is 0.529. The molecule has 4 N–H and O–H groups in total. The second-order valence-corrected chi connectivity index (χ2v) is 7.09. The topological polar surface area (TPSA) is 84.2 Å². The van der Waals surface area contributed by atoms with E-state index in [-0.39, 0.29) is 29.7 Å². The van der Waals surface area contributed by atoms with Gasteiger partial charge in [-0.25, -0.2) is 0 Å². The number of amides is 2. The van der Waals surface area contributed by atoms with Crippen molar-refractivity contribution >= 4 is 23.4 Å². The molecule has 0 bridgehead atoms. The van der Waals surface area contributed by atoms with Gasteiger partial charge in [-0.05, 0) is 23.6 Å². The second-order valence-electron chi connectivity index (χ2n) is 6.66. The molecule has 0 aliphatic carbocycles. The van der Waals surface area contributed by atoms with E-state index in [1.165, 1.54) is 0 Å². The number of hydrogen-bond acceptors (Lipinski definition) is 3. The lowest BCUT2D eigenvalue weighted by atomic mass is 9.84. The van der Waals surface area contributed by atoms with E-state index in [0.717, 1.165) is 5.56 Å². The molecule has 1 atom stereocenters. The summed E-state index contributed by atoms with van der Waals surface area (Å²) in [6.45, 7) is 8.17. The summed E-state index contributed by atoms with van der Waals surface area (Å²) in [7, 11) is 0. The number of nitrogens with two attached hydrogens (primary N) is 1. The molecule has 0 spiro atoms. The molecule has 23 heavy (non-hydrogen) atoms. The smallest absolute Gasteiger partial charge is 0.239 e. The van der Waals surface area contributed by atoms with Crippen molar-refractivity contribution in [3.05, 3.63) is 34.9 Å². The van der Waals surface area contributed by atoms with Gasteiger partial charge in [0, 0.05) is 17.0 Å². The van der Waals surface area contributed by atoms with Crippen LogP contribution < -0.4 is 16.4 Å². The molecule has 1 rings (SSSR count). The summed E-state index contributed by atoms with van der Waals surface area (Å²) in [6, 6.07) is 6.94. The molecule has 0 fully saturated rings. The average molecular weight is 340 g/mol. The summed E-state index contributed by atoms with van der Waals surface area (Å²) in [4.78, 5) is 23.6. The molecule has 0 aliphatic rings. The third kappa shape index (κ3) is 6.20. The third-order valence-electron chi connectivity index (χ3n) is 3.80. The third-order valence-corrected chi connectivity index (χ3v) is 4.05. The zero-order valence-electron chi connectivity index (χ0n) is 14.2. The maximum atomic E-state index is 11.9. The Hall–Kier alpha value is -1.59. The number of halogens is 1. The van der Waals surface area contributed by atoms with Crippen molar-refractivity contribution in [1.29, 1.82) is 0 Å². The minimum atomic E-state index is -0.603. The van der Waals surface area contributed by atoms with Crippen molar-refractivity contribution in [1.82, 2.24) is 10.6 Å². The quantitative estimate of drug-likeness (QED) is 0.708. The summed E-state index contributed by atoms with van der Waals surface area (Å²) in [5.41, 5.74) is 6.56. The molecule has 0 aromatic heterocycles. The Kier molecular flexibility index (Phi) is 7.03. The fourth-order valence-corrected chi connectivity index (χ4v) is 2.10. The minimum absolute atomic E-state index is 0.0295. The van der Waals surface area contributed by atoms with Gasteiger partial charge in [-0.3, -0.25) is 9.59 Å². The Labute approximate surface area is 143 Å². The first-order chi connectivity index (χ1) is 10.6. The molecular formula is C17H26ClN3O2. The van der Waals surface area contributed by atoms with Crippen LogP contribution >= 0.6 is 11.6 Å². The van der Waals surface area contributed by atoms with Gasteiger partial charge in [0.25, 0.3) is 0 Å². The van der Waals surface area contributed by atoms with E-state index in [0.29, 0.717) is 11.6 Å². The van der Waals surface area contributed by atoms with E-state index in [1.54, 1.807) is 0 Å². The Morgan fingerprint density at radius 1 is 1.17 bits per heavy atom. The maximum Gasteiger partial charge on any atom is 0.239 e. The van der Waals surface area contributed by atoms with Gasteiger partial charge in [-0.2, -0.15) is 0 Å². The lowest BCUT2D eigenvalue weighted by Gasteiger charge is -2.26. The number of rotatable bonds is 7. The van der Waals surface area contributed by atoms with E-state index >= 15 is 0 Å². The molecule has 6 heteroatoms. The lowest BCUT2D eigenvalue weighted by Crippen LogP contribution is -2.48. The summed E-state index contributed by atoms with van der Waals surface area (Å²) >= 11 is 5.89. The maximum absolute atomic E-state index is 11.9. The Balaban J connectivity index is 2.46. The van der Waals surface area contributed by atoms with Crippen LogP contribution in [0.2, 0.25) is 5.02 Å². The summed E-state index contributed by atoms with van der Waals surface area (Å²) in [5, 5.41) is 6.06. The Bertz CT molecular complexity index is 541. The van der Waals surface area contributed by atoms with E-state index in [9.17, 15) is 9.59 Å². The van der Waals surface area contributed by atoms with Crippen LogP contribution in [0.1, 0.15) is 33.3 Å². The average Bonchev–Trinajstić information content (AvgIpc) is 2.50. The first kappa shape index (κ1) is 19.5. The number of benzene rings is 1. The molecule has 0 unspecified atom stereocenters. The number of carbonyl (C=O) groups excluding carboxylic acids is 2. The molecule has 0 aliphatic heterocycles. The van der Waals surface area contributed by atoms with Crippen molar-refractivity contribution in [3.8, 4) is 0 Å². The highest BCUT2D eigenvalue weighted by molar-refractivity contribution is 6.30. The van der Waals surface area contributed by atoms with Gasteiger partial charge in [0.15, 0.2) is 0 Å². The van der Waals surface area contributed by atoms with Crippen LogP contribution in [0, 0.1) is 5.92 Å². The van der Waals surface area contributed by atoms with Crippen LogP contribution in [0.5, 0.6) is 0 Å². The van der Waals surface area contributed by atoms with Crippen molar-refractivity contribution < 1.29 is 9.59 Å². The van der Waals surface area contributed by atoms with Gasteiger partial charge < -0.3 is 16.4 Å². The summed E-state index contributed by atoms with van der Waals surface area (Å²) in [6.07, 6.45) is 0. The van der Waals surface area contributed by atoms with Crippen LogP contribution in [0.25, 0.3) is 0 Å². The van der Waals surface area contributed by atoms with Crippen molar-refractivity contribution in [2.24, 2.45) is 11.7 Å². The zero-order valence-corrected chi connectivity index (χ0v) is 14.9. The van der Waals surface area contributed by atoms with E-state index in [1.807, 2.05) is 52.0 Å². The number of carbonyl (C=O) groups is 2. The van der Waals surface area contributed by atoms with Gasteiger partial charge in [0.1, 0.15) is 0 Å². The molecule has 5 nitrogen and oxygen atoms in total. The van der Waals surface area contributed by atoms with Crippen LogP contribution in [0.15, 0.2) is 24.3 Å². The summed E-state index contributed by atoms with van der Waals surface area (Å²) < 4.78 is 0. The first-order valence-corrected chi connectivity index (χ1v) is 8.07. The molecule has 128 valence electrons. The molecule has 0 heterocycles. The Morgan fingerprint density at radius 3 is 2.26 bits per heavy atom. The van der Waals surface area contributed by atoms with Gasteiger partial charge >= 0.3 is 0 Å². The molecular weight excluding hydrogens is 314 g/mol. The molecule has 1 aromatic carbocycles. The number of nitrogens with one attached hydrogen (secondary N) is 2. The fourth-order valence-electron chi connectivity index (χ4n) is 1.97. The van der Waals surface area contributed by atoms with Crippen LogP contribution in [-0.2, 0) is 15.0 Å². The molecule has 0 saturated carbocycles. The van der Waals surface area contributed by atoms with Gasteiger partial charge in [-0.15, -0.1) is 0 Å². The lowest BCUT2D eigenvalue weighted by molar-refractivity contribution is -0.127. The highest BCUT2D eigenvalue weighted by Crippen LogP contribution is 2.23. The highest BCUT2D eigenvalue weighted by Gasteiger charge is 2.22. The monoisotopic (exact) mass is 339 g/mol. The van der Waals surface area contributed by atoms with Gasteiger partial charge in [0.05, 0.1) is 12.6 Å². The predicted molar refractivity (Wildman–Crippen MR) is 93.3 cm³/mol. The largest absolute Gasteiger partial charge is 0.354 e. The van der Waals surface area contributed by atoms with Crippen LogP contribution in [0.4, 0.5) is 0 Å². The van der Waals surface area contributed by atoms with Crippen LogP contribution in [0.3, 0.4) is 0 Å². The molecule has 0 saturated heterocycles. The molecule has 2 amide bonds. The summed E-state index contributed by atoms with van der Waals surface area (Å²) in [5.74, 6) is -0.523. The van der Waals surface area contributed by atoms with Gasteiger partial charge in [-0.1, -0.05) is 51.4 Å². The highest BCUT2D eigenvalue weighted by atomic mass is 35.5. The minimum Gasteiger partial charge on any atom is -0.354 e. The molecule has 0 radical (unpaired) electrons. The van der Waals surface area contributed by atoms with E-state index in [4.69, 9.17) is 17.3 Å². The SMILES string of the molecule is CC(C)[C@H](N)C(=O)NCC(=O)NCC(C)(C)c1ccc(Cl)cc1. The van der Waals surface area contributed by atoms with Crippen molar-refractivity contribution in [2.75, 3.05) is 13.1 Å². The normalized spacial score (nSPS) is 12.8. The van der Waals surface area contributed by atoms with Crippen molar-refractivity contribution in [3.63, 3.8) is 0 Å². The molecule has 1 aromatic rings. The number of hydrogen-bond donors (Lipinski definition) is 3. The van der Waals surface area contributed by atoms with Gasteiger partial charge in [0.2, 0.25) is 11.8 Å². The first-order valence-electron chi connectivity index (χ1n) is 7.69. The Morgan fingerprint density at radius 2 is 1.74 bits per heavy atom. The second kappa shape index (κ2) is 8.31. The predicted octanol–water partition coefficient (Wildman–Crippen LogP) is 1.83. The van der Waals surface area contributed by atoms with E-state index < -0.39 is 6.04 Å². The van der Waals surface area contributed by atoms with Crippen LogP contribution in [-0.4, -0.2) is 30.9 Å².